The number of carbonyl (C=O) groups is 1. The molecular weight excluding hydrogens is 324 g/mol. The predicted octanol–water partition coefficient (Wildman–Crippen LogP) is 3.84. The zero-order valence-electron chi connectivity index (χ0n) is 14.2. The third kappa shape index (κ3) is 3.53. The van der Waals surface area contributed by atoms with Gasteiger partial charge in [0.2, 0.25) is 0 Å². The summed E-state index contributed by atoms with van der Waals surface area (Å²) < 4.78 is 11.2. The highest BCUT2D eigenvalue weighted by molar-refractivity contribution is 7.13. The van der Waals surface area contributed by atoms with E-state index in [0.29, 0.717) is 17.2 Å². The molecule has 1 fully saturated rings. The standard InChI is InChI=1S/C18H22N2O3S/c1-12(2)23-15-7-6-13(10-16(15)22-3)17-19-14(11-24-17)18(21)20-8-4-5-9-20/h6-7,10-12H,4-5,8-9H2,1-3H3. The summed E-state index contributed by atoms with van der Waals surface area (Å²) in [5.74, 6) is 1.41. The van der Waals surface area contributed by atoms with Crippen LogP contribution in [0.5, 0.6) is 11.5 Å². The van der Waals surface area contributed by atoms with E-state index in [1.54, 1.807) is 7.11 Å². The number of carbonyl (C=O) groups excluding carboxylic acids is 1. The monoisotopic (exact) mass is 346 g/mol. The van der Waals surface area contributed by atoms with Crippen molar-refractivity contribution in [2.75, 3.05) is 20.2 Å². The van der Waals surface area contributed by atoms with E-state index in [2.05, 4.69) is 4.98 Å². The summed E-state index contributed by atoms with van der Waals surface area (Å²) in [4.78, 5) is 18.8. The van der Waals surface area contributed by atoms with Crippen molar-refractivity contribution < 1.29 is 14.3 Å². The molecule has 0 aliphatic carbocycles. The Kier molecular flexibility index (Phi) is 5.04. The van der Waals surface area contributed by atoms with Crippen molar-refractivity contribution in [1.29, 1.82) is 0 Å². The van der Waals surface area contributed by atoms with Crippen molar-refractivity contribution >= 4 is 17.2 Å². The summed E-state index contributed by atoms with van der Waals surface area (Å²) in [5.41, 5.74) is 1.45. The number of thiazole rings is 1. The zero-order valence-corrected chi connectivity index (χ0v) is 15.1. The van der Waals surface area contributed by atoms with Crippen LogP contribution in [0.2, 0.25) is 0 Å². The Morgan fingerprint density at radius 1 is 1.25 bits per heavy atom. The van der Waals surface area contributed by atoms with Crippen molar-refractivity contribution in [3.63, 3.8) is 0 Å². The minimum Gasteiger partial charge on any atom is -0.493 e. The highest BCUT2D eigenvalue weighted by atomic mass is 32.1. The van der Waals surface area contributed by atoms with E-state index in [4.69, 9.17) is 9.47 Å². The van der Waals surface area contributed by atoms with Crippen LogP contribution in [-0.2, 0) is 0 Å². The first-order valence-corrected chi connectivity index (χ1v) is 9.06. The molecule has 0 spiro atoms. The first-order chi connectivity index (χ1) is 11.6. The quantitative estimate of drug-likeness (QED) is 0.825. The van der Waals surface area contributed by atoms with Gasteiger partial charge in [0, 0.05) is 24.0 Å². The SMILES string of the molecule is COc1cc(-c2nc(C(=O)N3CCCC3)cs2)ccc1OC(C)C. The second kappa shape index (κ2) is 7.21. The maximum Gasteiger partial charge on any atom is 0.273 e. The fraction of sp³-hybridized carbons (Fsp3) is 0.444. The van der Waals surface area contributed by atoms with Gasteiger partial charge >= 0.3 is 0 Å². The second-order valence-corrected chi connectivity index (χ2v) is 6.93. The topological polar surface area (TPSA) is 51.7 Å². The van der Waals surface area contributed by atoms with E-state index >= 15 is 0 Å². The zero-order chi connectivity index (χ0) is 17.1. The van der Waals surface area contributed by atoms with E-state index in [-0.39, 0.29) is 12.0 Å². The van der Waals surface area contributed by atoms with Gasteiger partial charge < -0.3 is 14.4 Å². The molecule has 24 heavy (non-hydrogen) atoms. The highest BCUT2D eigenvalue weighted by Gasteiger charge is 2.22. The lowest BCUT2D eigenvalue weighted by Gasteiger charge is -2.14. The summed E-state index contributed by atoms with van der Waals surface area (Å²) >= 11 is 1.47. The van der Waals surface area contributed by atoms with Gasteiger partial charge in [0.05, 0.1) is 13.2 Å². The molecule has 3 rings (SSSR count). The van der Waals surface area contributed by atoms with Gasteiger partial charge in [0.1, 0.15) is 10.7 Å². The van der Waals surface area contributed by atoms with E-state index < -0.39 is 0 Å². The predicted molar refractivity (Wildman–Crippen MR) is 95.0 cm³/mol. The molecule has 0 saturated carbocycles. The third-order valence-corrected chi connectivity index (χ3v) is 4.78. The summed E-state index contributed by atoms with van der Waals surface area (Å²) in [6.07, 6.45) is 2.24. The van der Waals surface area contributed by atoms with Gasteiger partial charge in [-0.2, -0.15) is 0 Å². The Hall–Kier alpha value is -2.08. The fourth-order valence-corrected chi connectivity index (χ4v) is 3.53. The van der Waals surface area contributed by atoms with Gasteiger partial charge in [0.15, 0.2) is 11.5 Å². The van der Waals surface area contributed by atoms with Gasteiger partial charge in [0.25, 0.3) is 5.91 Å². The van der Waals surface area contributed by atoms with Gasteiger partial charge in [-0.15, -0.1) is 11.3 Å². The lowest BCUT2D eigenvalue weighted by molar-refractivity contribution is 0.0788. The minimum absolute atomic E-state index is 0.0294. The number of nitrogens with zero attached hydrogens (tertiary/aromatic N) is 2. The molecule has 0 radical (unpaired) electrons. The third-order valence-electron chi connectivity index (χ3n) is 3.89. The Morgan fingerprint density at radius 2 is 2.00 bits per heavy atom. The van der Waals surface area contributed by atoms with E-state index in [1.807, 2.05) is 42.3 Å². The molecule has 1 amide bonds. The smallest absolute Gasteiger partial charge is 0.273 e. The second-order valence-electron chi connectivity index (χ2n) is 6.07. The molecule has 1 aliphatic heterocycles. The van der Waals surface area contributed by atoms with Crippen LogP contribution in [0, 0.1) is 0 Å². The Bertz CT molecular complexity index is 721. The average Bonchev–Trinajstić information content (AvgIpc) is 3.26. The molecule has 1 aromatic carbocycles. The number of hydrogen-bond donors (Lipinski definition) is 0. The molecular formula is C18H22N2O3S. The van der Waals surface area contributed by atoms with Crippen molar-refractivity contribution in [3.05, 3.63) is 29.3 Å². The minimum atomic E-state index is 0.0294. The van der Waals surface area contributed by atoms with Crippen LogP contribution in [0.15, 0.2) is 23.6 Å². The van der Waals surface area contributed by atoms with Crippen LogP contribution in [0.25, 0.3) is 10.6 Å². The molecule has 1 aliphatic rings. The number of rotatable bonds is 5. The molecule has 2 aromatic rings. The van der Waals surface area contributed by atoms with E-state index in [9.17, 15) is 4.79 Å². The first kappa shape index (κ1) is 16.8. The van der Waals surface area contributed by atoms with Crippen LogP contribution in [0.1, 0.15) is 37.2 Å². The van der Waals surface area contributed by atoms with Crippen LogP contribution >= 0.6 is 11.3 Å². The van der Waals surface area contributed by atoms with Crippen molar-refractivity contribution in [3.8, 4) is 22.1 Å². The molecule has 0 N–H and O–H groups in total. The number of benzene rings is 1. The van der Waals surface area contributed by atoms with Crippen LogP contribution in [0.3, 0.4) is 0 Å². The molecule has 0 bridgehead atoms. The van der Waals surface area contributed by atoms with E-state index in [0.717, 1.165) is 36.5 Å². The van der Waals surface area contributed by atoms with Crippen LogP contribution < -0.4 is 9.47 Å². The summed E-state index contributed by atoms with van der Waals surface area (Å²) in [6.45, 7) is 5.62. The van der Waals surface area contributed by atoms with E-state index in [1.165, 1.54) is 11.3 Å². The van der Waals surface area contributed by atoms with Gasteiger partial charge in [-0.05, 0) is 44.9 Å². The number of hydrogen-bond acceptors (Lipinski definition) is 5. The Morgan fingerprint density at radius 3 is 2.67 bits per heavy atom. The number of ether oxygens (including phenoxy) is 2. The van der Waals surface area contributed by atoms with Crippen molar-refractivity contribution in [2.45, 2.75) is 32.8 Å². The summed E-state index contributed by atoms with van der Waals surface area (Å²) in [7, 11) is 1.62. The Balaban J connectivity index is 1.83. The molecule has 1 aromatic heterocycles. The maximum absolute atomic E-state index is 12.4. The molecule has 2 heterocycles. The largest absolute Gasteiger partial charge is 0.493 e. The lowest BCUT2D eigenvalue weighted by Crippen LogP contribution is -2.27. The Labute approximate surface area is 146 Å². The van der Waals surface area contributed by atoms with Crippen molar-refractivity contribution in [1.82, 2.24) is 9.88 Å². The summed E-state index contributed by atoms with van der Waals surface area (Å²) in [5, 5.41) is 2.65. The lowest BCUT2D eigenvalue weighted by atomic mass is 10.2. The van der Waals surface area contributed by atoms with Gasteiger partial charge in [-0.25, -0.2) is 4.98 Å². The molecule has 128 valence electrons. The number of methoxy groups -OCH3 is 1. The number of amides is 1. The molecule has 0 atom stereocenters. The van der Waals surface area contributed by atoms with Gasteiger partial charge in [-0.1, -0.05) is 0 Å². The highest BCUT2D eigenvalue weighted by Crippen LogP contribution is 2.34. The first-order valence-electron chi connectivity index (χ1n) is 8.18. The molecule has 1 saturated heterocycles. The molecule has 5 nitrogen and oxygen atoms in total. The number of aromatic nitrogens is 1. The maximum atomic E-state index is 12.4. The van der Waals surface area contributed by atoms with Crippen LogP contribution in [0.4, 0.5) is 0 Å². The average molecular weight is 346 g/mol. The van der Waals surface area contributed by atoms with Crippen LogP contribution in [-0.4, -0.2) is 42.1 Å². The molecule has 6 heteroatoms. The normalized spacial score (nSPS) is 14.2. The number of likely N-dealkylation sites (tertiary alicyclic amines) is 1. The fourth-order valence-electron chi connectivity index (χ4n) is 2.74. The summed E-state index contributed by atoms with van der Waals surface area (Å²) in [6, 6.07) is 5.74. The molecule has 0 unspecified atom stereocenters. The van der Waals surface area contributed by atoms with Gasteiger partial charge in [-0.3, -0.25) is 4.79 Å². The van der Waals surface area contributed by atoms with Crippen molar-refractivity contribution in [2.24, 2.45) is 0 Å².